The Bertz CT molecular complexity index is 893. The van der Waals surface area contributed by atoms with Crippen LogP contribution in [0.1, 0.15) is 23.2 Å². The second kappa shape index (κ2) is 5.90. The predicted molar refractivity (Wildman–Crippen MR) is 95.5 cm³/mol. The van der Waals surface area contributed by atoms with Crippen molar-refractivity contribution in [1.29, 1.82) is 0 Å². The van der Waals surface area contributed by atoms with Gasteiger partial charge in [-0.2, -0.15) is 0 Å². The highest BCUT2D eigenvalue weighted by atomic mass is 32.1. The molecular formula is C17H19N5OS. The van der Waals surface area contributed by atoms with E-state index in [1.165, 1.54) is 12.8 Å². The van der Waals surface area contributed by atoms with Crippen LogP contribution in [0.25, 0.3) is 16.2 Å². The average molecular weight is 341 g/mol. The Morgan fingerprint density at radius 2 is 2.25 bits per heavy atom. The van der Waals surface area contributed by atoms with Crippen LogP contribution in [0.5, 0.6) is 0 Å². The minimum Gasteiger partial charge on any atom is -0.360 e. The predicted octanol–water partition coefficient (Wildman–Crippen LogP) is 2.98. The first-order valence-electron chi connectivity index (χ1n) is 8.02. The molecule has 6 nitrogen and oxygen atoms in total. The molecule has 0 saturated heterocycles. The van der Waals surface area contributed by atoms with E-state index >= 15 is 0 Å². The van der Waals surface area contributed by atoms with Crippen molar-refractivity contribution in [2.45, 2.75) is 12.8 Å². The molecule has 1 aliphatic carbocycles. The number of fused-ring (bicyclic) bond motifs is 1. The Morgan fingerprint density at radius 1 is 1.42 bits per heavy atom. The van der Waals surface area contributed by atoms with E-state index in [1.807, 2.05) is 35.0 Å². The lowest BCUT2D eigenvalue weighted by atomic mass is 10.1. The summed E-state index contributed by atoms with van der Waals surface area (Å²) in [7, 11) is 3.51. The largest absolute Gasteiger partial charge is 0.360 e. The lowest BCUT2D eigenvalue weighted by Crippen LogP contribution is -2.21. The summed E-state index contributed by atoms with van der Waals surface area (Å²) in [6, 6.07) is 7.59. The van der Waals surface area contributed by atoms with E-state index in [-0.39, 0.29) is 5.91 Å². The summed E-state index contributed by atoms with van der Waals surface area (Å²) in [4.78, 5) is 19.1. The molecule has 1 fully saturated rings. The van der Waals surface area contributed by atoms with Crippen molar-refractivity contribution in [3.63, 3.8) is 0 Å². The molecule has 1 amide bonds. The van der Waals surface area contributed by atoms with Crippen LogP contribution in [0, 0.1) is 5.92 Å². The average Bonchev–Trinajstić information content (AvgIpc) is 3.20. The van der Waals surface area contributed by atoms with Gasteiger partial charge in [-0.1, -0.05) is 23.5 Å². The molecule has 7 heteroatoms. The molecule has 0 unspecified atom stereocenters. The minimum atomic E-state index is -0.0114. The Hall–Kier alpha value is -2.41. The molecule has 4 rings (SSSR count). The van der Waals surface area contributed by atoms with E-state index in [2.05, 4.69) is 15.4 Å². The van der Waals surface area contributed by atoms with Crippen molar-refractivity contribution in [1.82, 2.24) is 19.5 Å². The van der Waals surface area contributed by atoms with Crippen LogP contribution in [-0.4, -0.2) is 46.0 Å². The number of imidazole rings is 1. The molecule has 24 heavy (non-hydrogen) atoms. The van der Waals surface area contributed by atoms with Crippen LogP contribution in [0.2, 0.25) is 0 Å². The molecule has 2 aromatic heterocycles. The molecule has 124 valence electrons. The van der Waals surface area contributed by atoms with E-state index in [0.717, 1.165) is 33.8 Å². The standard InChI is InChI=1S/C17H19N5OS/c1-21(2)15(23)13-5-3-4-12(8-13)14-10-19-17-22(14)20-16(24-17)18-9-11-6-7-11/h3-5,8,10-11H,6-7,9H2,1-2H3,(H,18,20). The van der Waals surface area contributed by atoms with Crippen LogP contribution < -0.4 is 5.32 Å². The van der Waals surface area contributed by atoms with Gasteiger partial charge in [0.2, 0.25) is 10.1 Å². The van der Waals surface area contributed by atoms with Gasteiger partial charge in [-0.05, 0) is 30.9 Å². The highest BCUT2D eigenvalue weighted by Crippen LogP contribution is 2.31. The van der Waals surface area contributed by atoms with Crippen molar-refractivity contribution in [2.24, 2.45) is 5.92 Å². The van der Waals surface area contributed by atoms with Crippen LogP contribution in [0.15, 0.2) is 30.5 Å². The number of rotatable bonds is 5. The number of nitrogens with zero attached hydrogens (tertiary/aromatic N) is 4. The van der Waals surface area contributed by atoms with Crippen molar-refractivity contribution < 1.29 is 4.79 Å². The number of nitrogens with one attached hydrogen (secondary N) is 1. The quantitative estimate of drug-likeness (QED) is 0.775. The van der Waals surface area contributed by atoms with E-state index in [0.29, 0.717) is 5.56 Å². The van der Waals surface area contributed by atoms with Gasteiger partial charge in [0.25, 0.3) is 5.91 Å². The molecule has 0 bridgehead atoms. The maximum atomic E-state index is 12.2. The number of amides is 1. The molecule has 1 N–H and O–H groups in total. The van der Waals surface area contributed by atoms with Gasteiger partial charge >= 0.3 is 0 Å². The number of hydrogen-bond donors (Lipinski definition) is 1. The number of carbonyl (C=O) groups excluding carboxylic acids is 1. The topological polar surface area (TPSA) is 62.5 Å². The number of hydrogen-bond acceptors (Lipinski definition) is 5. The molecule has 1 aromatic carbocycles. The fraction of sp³-hybridized carbons (Fsp3) is 0.353. The Labute approximate surface area is 144 Å². The monoisotopic (exact) mass is 341 g/mol. The zero-order valence-corrected chi connectivity index (χ0v) is 14.5. The zero-order chi connectivity index (χ0) is 16.7. The molecule has 0 aliphatic heterocycles. The summed E-state index contributed by atoms with van der Waals surface area (Å²) in [6.45, 7) is 0.985. The number of benzene rings is 1. The third-order valence-electron chi connectivity index (χ3n) is 4.14. The summed E-state index contributed by atoms with van der Waals surface area (Å²) in [5, 5.41) is 8.91. The lowest BCUT2D eigenvalue weighted by molar-refractivity contribution is 0.0827. The Kier molecular flexibility index (Phi) is 3.72. The van der Waals surface area contributed by atoms with Crippen molar-refractivity contribution in [3.05, 3.63) is 36.0 Å². The molecule has 1 aliphatic rings. The third-order valence-corrected chi connectivity index (χ3v) is 5.02. The second-order valence-electron chi connectivity index (χ2n) is 6.35. The normalized spacial score (nSPS) is 14.1. The summed E-state index contributed by atoms with van der Waals surface area (Å²) >= 11 is 1.55. The molecule has 0 spiro atoms. The van der Waals surface area contributed by atoms with Gasteiger partial charge in [0.15, 0.2) is 0 Å². The molecule has 0 atom stereocenters. The van der Waals surface area contributed by atoms with E-state index in [1.54, 1.807) is 30.3 Å². The first-order chi connectivity index (χ1) is 11.6. The first-order valence-corrected chi connectivity index (χ1v) is 8.84. The number of carbonyl (C=O) groups is 1. The lowest BCUT2D eigenvalue weighted by Gasteiger charge is -2.10. The summed E-state index contributed by atoms with van der Waals surface area (Å²) in [5.41, 5.74) is 2.50. The van der Waals surface area contributed by atoms with Gasteiger partial charge in [0.05, 0.1) is 11.9 Å². The van der Waals surface area contributed by atoms with Crippen LogP contribution in [0.3, 0.4) is 0 Å². The fourth-order valence-electron chi connectivity index (χ4n) is 2.58. The summed E-state index contributed by atoms with van der Waals surface area (Å²) < 4.78 is 1.85. The van der Waals surface area contributed by atoms with Gasteiger partial charge in [-0.15, -0.1) is 5.10 Å². The Morgan fingerprint density at radius 3 is 3.00 bits per heavy atom. The highest BCUT2D eigenvalue weighted by Gasteiger charge is 2.21. The SMILES string of the molecule is CN(C)C(=O)c1cccc(-c2cnc3sc(NCC4CC4)nn23)c1. The first kappa shape index (κ1) is 15.1. The Balaban J connectivity index is 1.65. The van der Waals surface area contributed by atoms with Crippen molar-refractivity contribution in [2.75, 3.05) is 26.0 Å². The van der Waals surface area contributed by atoms with Gasteiger partial charge in [0, 0.05) is 31.8 Å². The van der Waals surface area contributed by atoms with Gasteiger partial charge in [0.1, 0.15) is 0 Å². The fourth-order valence-corrected chi connectivity index (χ4v) is 3.37. The van der Waals surface area contributed by atoms with Crippen molar-refractivity contribution in [3.8, 4) is 11.3 Å². The third kappa shape index (κ3) is 2.87. The molecule has 2 heterocycles. The number of aromatic nitrogens is 3. The molecule has 3 aromatic rings. The smallest absolute Gasteiger partial charge is 0.253 e. The van der Waals surface area contributed by atoms with Gasteiger partial charge < -0.3 is 10.2 Å². The maximum Gasteiger partial charge on any atom is 0.253 e. The molecule has 0 radical (unpaired) electrons. The number of anilines is 1. The summed E-state index contributed by atoms with van der Waals surface area (Å²) in [6.07, 6.45) is 4.43. The highest BCUT2D eigenvalue weighted by molar-refractivity contribution is 7.20. The van der Waals surface area contributed by atoms with E-state index in [4.69, 9.17) is 0 Å². The summed E-state index contributed by atoms with van der Waals surface area (Å²) in [5.74, 6) is 0.789. The van der Waals surface area contributed by atoms with Crippen molar-refractivity contribution >= 4 is 27.3 Å². The molecule has 1 saturated carbocycles. The zero-order valence-electron chi connectivity index (χ0n) is 13.7. The van der Waals surface area contributed by atoms with Crippen LogP contribution >= 0.6 is 11.3 Å². The molecular weight excluding hydrogens is 322 g/mol. The van der Waals surface area contributed by atoms with E-state index in [9.17, 15) is 4.79 Å². The van der Waals surface area contributed by atoms with E-state index < -0.39 is 0 Å². The second-order valence-corrected chi connectivity index (χ2v) is 7.31. The maximum absolute atomic E-state index is 12.2. The minimum absolute atomic E-state index is 0.0114. The van der Waals surface area contributed by atoms with Gasteiger partial charge in [-0.3, -0.25) is 4.79 Å². The van der Waals surface area contributed by atoms with Crippen LogP contribution in [-0.2, 0) is 0 Å². The van der Waals surface area contributed by atoms with Crippen LogP contribution in [0.4, 0.5) is 5.13 Å². The van der Waals surface area contributed by atoms with Gasteiger partial charge in [-0.25, -0.2) is 9.50 Å².